The molecule has 0 spiro atoms. The van der Waals surface area contributed by atoms with E-state index in [1.807, 2.05) is 43.3 Å². The average Bonchev–Trinajstić information content (AvgIpc) is 2.84. The first-order valence-corrected chi connectivity index (χ1v) is 8.09. The van der Waals surface area contributed by atoms with E-state index in [1.54, 1.807) is 7.11 Å². The zero-order chi connectivity index (χ0) is 16.6. The van der Waals surface area contributed by atoms with Crippen LogP contribution in [0.15, 0.2) is 40.9 Å². The molecule has 0 unspecified atom stereocenters. The van der Waals surface area contributed by atoms with Crippen molar-refractivity contribution < 1.29 is 9.53 Å². The standard InChI is InChI=1S/C17H14BrClN2O2/c1-9-3-6-14(23-2)13(7-9)21-17(22)16-15(19)11-8-10(18)4-5-12(11)20-16/h3-8,20H,1-2H3,(H,21,22). The van der Waals surface area contributed by atoms with Crippen LogP contribution in [-0.2, 0) is 0 Å². The van der Waals surface area contributed by atoms with Crippen molar-refractivity contribution in [2.75, 3.05) is 12.4 Å². The SMILES string of the molecule is COc1ccc(C)cc1NC(=O)c1[nH]c2ccc(Br)cc2c1Cl. The number of hydrogen-bond donors (Lipinski definition) is 2. The molecule has 2 aromatic carbocycles. The lowest BCUT2D eigenvalue weighted by molar-refractivity contribution is 0.102. The number of aromatic nitrogens is 1. The highest BCUT2D eigenvalue weighted by Gasteiger charge is 2.18. The van der Waals surface area contributed by atoms with Crippen molar-refractivity contribution in [1.82, 2.24) is 4.98 Å². The van der Waals surface area contributed by atoms with Crippen molar-refractivity contribution >= 4 is 50.0 Å². The third kappa shape index (κ3) is 3.07. The number of aromatic amines is 1. The fraction of sp³-hybridized carbons (Fsp3) is 0.118. The minimum atomic E-state index is -0.314. The molecule has 0 aliphatic heterocycles. The summed E-state index contributed by atoms with van der Waals surface area (Å²) in [4.78, 5) is 15.6. The number of anilines is 1. The number of amides is 1. The molecule has 0 saturated heterocycles. The molecule has 23 heavy (non-hydrogen) atoms. The first kappa shape index (κ1) is 15.9. The van der Waals surface area contributed by atoms with Gasteiger partial charge in [0.05, 0.1) is 17.8 Å². The molecule has 0 fully saturated rings. The highest BCUT2D eigenvalue weighted by Crippen LogP contribution is 2.31. The molecule has 4 nitrogen and oxygen atoms in total. The van der Waals surface area contributed by atoms with Crippen LogP contribution < -0.4 is 10.1 Å². The van der Waals surface area contributed by atoms with Gasteiger partial charge in [-0.25, -0.2) is 0 Å². The second kappa shape index (κ2) is 6.26. The van der Waals surface area contributed by atoms with Crippen LogP contribution in [0, 0.1) is 6.92 Å². The maximum absolute atomic E-state index is 12.6. The van der Waals surface area contributed by atoms with Gasteiger partial charge in [0.15, 0.2) is 0 Å². The molecular weight excluding hydrogens is 380 g/mol. The lowest BCUT2D eigenvalue weighted by atomic mass is 10.2. The highest BCUT2D eigenvalue weighted by molar-refractivity contribution is 9.10. The van der Waals surface area contributed by atoms with Gasteiger partial charge in [-0.1, -0.05) is 33.6 Å². The molecule has 118 valence electrons. The lowest BCUT2D eigenvalue weighted by Gasteiger charge is -2.10. The summed E-state index contributed by atoms with van der Waals surface area (Å²) >= 11 is 9.75. The quantitative estimate of drug-likeness (QED) is 0.646. The normalized spacial score (nSPS) is 10.8. The molecule has 0 aliphatic rings. The number of fused-ring (bicyclic) bond motifs is 1. The number of halogens is 2. The van der Waals surface area contributed by atoms with Crippen LogP contribution in [0.3, 0.4) is 0 Å². The number of hydrogen-bond acceptors (Lipinski definition) is 2. The molecule has 0 bridgehead atoms. The summed E-state index contributed by atoms with van der Waals surface area (Å²) in [5, 5.41) is 4.03. The summed E-state index contributed by atoms with van der Waals surface area (Å²) in [5.41, 5.74) is 2.75. The molecule has 3 rings (SSSR count). The van der Waals surface area contributed by atoms with E-state index in [4.69, 9.17) is 16.3 Å². The van der Waals surface area contributed by atoms with Gasteiger partial charge in [0.1, 0.15) is 11.4 Å². The van der Waals surface area contributed by atoms with Gasteiger partial charge in [-0.15, -0.1) is 0 Å². The van der Waals surface area contributed by atoms with Gasteiger partial charge in [0.2, 0.25) is 0 Å². The average molecular weight is 394 g/mol. The smallest absolute Gasteiger partial charge is 0.273 e. The Bertz CT molecular complexity index is 905. The Morgan fingerprint density at radius 2 is 2.04 bits per heavy atom. The maximum atomic E-state index is 12.6. The molecular formula is C17H14BrClN2O2. The van der Waals surface area contributed by atoms with E-state index in [-0.39, 0.29) is 5.91 Å². The predicted molar refractivity (Wildman–Crippen MR) is 96.7 cm³/mol. The summed E-state index contributed by atoms with van der Waals surface area (Å²) < 4.78 is 6.18. The van der Waals surface area contributed by atoms with E-state index in [9.17, 15) is 4.79 Å². The predicted octanol–water partition coefficient (Wildman–Crippen LogP) is 5.15. The highest BCUT2D eigenvalue weighted by atomic mass is 79.9. The van der Waals surface area contributed by atoms with E-state index in [0.717, 1.165) is 20.9 Å². The summed E-state index contributed by atoms with van der Waals surface area (Å²) in [6.07, 6.45) is 0. The Balaban J connectivity index is 1.98. The van der Waals surface area contributed by atoms with Gasteiger partial charge in [-0.2, -0.15) is 0 Å². The molecule has 3 aromatic rings. The minimum absolute atomic E-state index is 0.314. The Kier molecular flexibility index (Phi) is 4.33. The molecule has 1 aromatic heterocycles. The number of aryl methyl sites for hydroxylation is 1. The van der Waals surface area contributed by atoms with E-state index >= 15 is 0 Å². The molecule has 0 aliphatic carbocycles. The third-order valence-corrected chi connectivity index (χ3v) is 4.41. The summed E-state index contributed by atoms with van der Waals surface area (Å²) in [6.45, 7) is 1.95. The van der Waals surface area contributed by atoms with Crippen molar-refractivity contribution in [2.24, 2.45) is 0 Å². The number of methoxy groups -OCH3 is 1. The summed E-state index contributed by atoms with van der Waals surface area (Å²) in [6, 6.07) is 11.2. The first-order valence-electron chi connectivity index (χ1n) is 6.92. The Morgan fingerprint density at radius 3 is 2.78 bits per heavy atom. The van der Waals surface area contributed by atoms with Crippen molar-refractivity contribution in [2.45, 2.75) is 6.92 Å². The van der Waals surface area contributed by atoms with Crippen LogP contribution in [0.4, 0.5) is 5.69 Å². The van der Waals surface area contributed by atoms with E-state index < -0.39 is 0 Å². The molecule has 0 atom stereocenters. The lowest BCUT2D eigenvalue weighted by Crippen LogP contribution is -2.13. The van der Waals surface area contributed by atoms with Crippen molar-refractivity contribution in [3.8, 4) is 5.75 Å². The number of H-pyrrole nitrogens is 1. The number of carbonyl (C=O) groups excluding carboxylic acids is 1. The topological polar surface area (TPSA) is 54.1 Å². The number of carbonyl (C=O) groups is 1. The Morgan fingerprint density at radius 1 is 1.26 bits per heavy atom. The van der Waals surface area contributed by atoms with Crippen LogP contribution >= 0.6 is 27.5 Å². The van der Waals surface area contributed by atoms with E-state index in [1.165, 1.54) is 0 Å². The van der Waals surface area contributed by atoms with Gasteiger partial charge < -0.3 is 15.0 Å². The zero-order valence-electron chi connectivity index (χ0n) is 12.5. The van der Waals surface area contributed by atoms with E-state index in [2.05, 4.69) is 26.2 Å². The Hall–Kier alpha value is -1.98. The minimum Gasteiger partial charge on any atom is -0.495 e. The van der Waals surface area contributed by atoms with Crippen LogP contribution in [0.2, 0.25) is 5.02 Å². The third-order valence-electron chi connectivity index (χ3n) is 3.53. The van der Waals surface area contributed by atoms with Crippen molar-refractivity contribution in [1.29, 1.82) is 0 Å². The molecule has 2 N–H and O–H groups in total. The molecule has 1 amide bonds. The first-order chi connectivity index (χ1) is 11.0. The van der Waals surface area contributed by atoms with Crippen LogP contribution in [-0.4, -0.2) is 18.0 Å². The van der Waals surface area contributed by atoms with Crippen molar-refractivity contribution in [3.05, 3.63) is 57.2 Å². The Labute approximate surface area is 146 Å². The number of rotatable bonds is 3. The number of benzene rings is 2. The number of ether oxygens (including phenoxy) is 1. The summed E-state index contributed by atoms with van der Waals surface area (Å²) in [7, 11) is 1.56. The van der Waals surface area contributed by atoms with Crippen LogP contribution in [0.25, 0.3) is 10.9 Å². The van der Waals surface area contributed by atoms with Crippen LogP contribution in [0.1, 0.15) is 16.1 Å². The molecule has 1 heterocycles. The van der Waals surface area contributed by atoms with E-state index in [0.29, 0.717) is 22.2 Å². The van der Waals surface area contributed by atoms with Gasteiger partial charge in [-0.3, -0.25) is 4.79 Å². The maximum Gasteiger partial charge on any atom is 0.273 e. The monoisotopic (exact) mass is 392 g/mol. The fourth-order valence-electron chi connectivity index (χ4n) is 2.39. The van der Waals surface area contributed by atoms with Gasteiger partial charge in [0, 0.05) is 15.4 Å². The second-order valence-electron chi connectivity index (χ2n) is 5.16. The van der Waals surface area contributed by atoms with Gasteiger partial charge >= 0.3 is 0 Å². The van der Waals surface area contributed by atoms with Crippen LogP contribution in [0.5, 0.6) is 5.75 Å². The molecule has 0 radical (unpaired) electrons. The largest absolute Gasteiger partial charge is 0.495 e. The van der Waals surface area contributed by atoms with Gasteiger partial charge in [-0.05, 0) is 42.8 Å². The second-order valence-corrected chi connectivity index (χ2v) is 6.46. The molecule has 6 heteroatoms. The van der Waals surface area contributed by atoms with Crippen molar-refractivity contribution in [3.63, 3.8) is 0 Å². The number of nitrogens with one attached hydrogen (secondary N) is 2. The summed E-state index contributed by atoms with van der Waals surface area (Å²) in [5.74, 6) is 0.283. The van der Waals surface area contributed by atoms with Gasteiger partial charge in [0.25, 0.3) is 5.91 Å². The fourth-order valence-corrected chi connectivity index (χ4v) is 3.04. The molecule has 0 saturated carbocycles. The zero-order valence-corrected chi connectivity index (χ0v) is 14.9.